The fourth-order valence-electron chi connectivity index (χ4n) is 2.50. The molecule has 25 heavy (non-hydrogen) atoms. The van der Waals surface area contributed by atoms with Crippen LogP contribution in [0.15, 0.2) is 67.0 Å². The smallest absolute Gasteiger partial charge is 0.259 e. The summed E-state index contributed by atoms with van der Waals surface area (Å²) >= 11 is 5.98. The summed E-state index contributed by atoms with van der Waals surface area (Å²) in [6.07, 6.45) is 4.38. The third kappa shape index (κ3) is 4.37. The number of rotatable bonds is 5. The van der Waals surface area contributed by atoms with E-state index in [0.717, 1.165) is 12.0 Å². The molecule has 0 fully saturated rings. The maximum atomic E-state index is 12.5. The number of nitrogens with one attached hydrogen (secondary N) is 1. The number of halogens is 1. The highest BCUT2D eigenvalue weighted by Gasteiger charge is 2.13. The van der Waals surface area contributed by atoms with Gasteiger partial charge in [0.05, 0.1) is 12.7 Å². The number of carbonyl (C=O) groups is 1. The van der Waals surface area contributed by atoms with Crippen LogP contribution in [0.1, 0.15) is 21.5 Å². The van der Waals surface area contributed by atoms with Crippen LogP contribution in [0.2, 0.25) is 5.02 Å². The van der Waals surface area contributed by atoms with E-state index in [1.54, 1.807) is 30.6 Å². The second-order valence-corrected chi connectivity index (χ2v) is 5.96. The number of anilines is 1. The lowest BCUT2D eigenvalue weighted by atomic mass is 10.1. The minimum absolute atomic E-state index is 0.263. The van der Waals surface area contributed by atoms with Crippen LogP contribution in [-0.2, 0) is 6.42 Å². The standard InChI is InChI=1S/C20H17ClN2O2/c1-25-19-7-4-16(21)13-18(19)20(24)23-17-5-2-14(3-6-17)12-15-8-10-22-11-9-15/h2-11,13H,12H2,1H3,(H,23,24). The molecule has 0 unspecified atom stereocenters. The van der Waals surface area contributed by atoms with E-state index in [4.69, 9.17) is 16.3 Å². The minimum Gasteiger partial charge on any atom is -0.496 e. The van der Waals surface area contributed by atoms with Gasteiger partial charge in [-0.1, -0.05) is 23.7 Å². The Labute approximate surface area is 151 Å². The van der Waals surface area contributed by atoms with Crippen LogP contribution in [0, 0.1) is 0 Å². The molecule has 0 radical (unpaired) electrons. The number of amides is 1. The first-order valence-electron chi connectivity index (χ1n) is 7.78. The predicted molar refractivity (Wildman–Crippen MR) is 99.4 cm³/mol. The van der Waals surface area contributed by atoms with Crippen LogP contribution in [0.5, 0.6) is 5.75 Å². The fourth-order valence-corrected chi connectivity index (χ4v) is 2.67. The molecule has 0 aliphatic heterocycles. The monoisotopic (exact) mass is 352 g/mol. The summed E-state index contributed by atoms with van der Waals surface area (Å²) in [6.45, 7) is 0. The minimum atomic E-state index is -0.263. The Balaban J connectivity index is 1.71. The molecule has 1 aromatic heterocycles. The first-order chi connectivity index (χ1) is 12.2. The summed E-state index contributed by atoms with van der Waals surface area (Å²) in [5.74, 6) is 0.220. The summed E-state index contributed by atoms with van der Waals surface area (Å²) in [7, 11) is 1.52. The lowest BCUT2D eigenvalue weighted by molar-refractivity contribution is 0.102. The topological polar surface area (TPSA) is 51.2 Å². The van der Waals surface area contributed by atoms with E-state index in [9.17, 15) is 4.79 Å². The van der Waals surface area contributed by atoms with E-state index in [-0.39, 0.29) is 5.91 Å². The van der Waals surface area contributed by atoms with E-state index < -0.39 is 0 Å². The zero-order chi connectivity index (χ0) is 17.6. The van der Waals surface area contributed by atoms with E-state index in [1.165, 1.54) is 12.7 Å². The highest BCUT2D eigenvalue weighted by Crippen LogP contribution is 2.24. The SMILES string of the molecule is COc1ccc(Cl)cc1C(=O)Nc1ccc(Cc2ccncc2)cc1. The van der Waals surface area contributed by atoms with Crippen molar-refractivity contribution in [2.24, 2.45) is 0 Å². The summed E-state index contributed by atoms with van der Waals surface area (Å²) in [4.78, 5) is 16.5. The fraction of sp³-hybridized carbons (Fsp3) is 0.100. The van der Waals surface area contributed by atoms with Crippen molar-refractivity contribution in [3.05, 3.63) is 88.7 Å². The van der Waals surface area contributed by atoms with E-state index in [0.29, 0.717) is 22.0 Å². The predicted octanol–water partition coefficient (Wildman–Crippen LogP) is 4.59. The molecule has 0 saturated carbocycles. The molecule has 4 nitrogen and oxygen atoms in total. The van der Waals surface area contributed by atoms with Crippen molar-refractivity contribution in [2.45, 2.75) is 6.42 Å². The van der Waals surface area contributed by atoms with Gasteiger partial charge in [-0.05, 0) is 60.0 Å². The molecule has 0 aliphatic carbocycles. The third-order valence-corrected chi connectivity index (χ3v) is 4.01. The number of nitrogens with zero attached hydrogens (tertiary/aromatic N) is 1. The van der Waals surface area contributed by atoms with Gasteiger partial charge in [-0.3, -0.25) is 9.78 Å². The zero-order valence-corrected chi connectivity index (χ0v) is 14.5. The van der Waals surface area contributed by atoms with Crippen molar-refractivity contribution in [3.8, 4) is 5.75 Å². The van der Waals surface area contributed by atoms with Crippen molar-refractivity contribution >= 4 is 23.2 Å². The average Bonchev–Trinajstić information content (AvgIpc) is 2.64. The molecule has 1 amide bonds. The number of benzene rings is 2. The van der Waals surface area contributed by atoms with Crippen LogP contribution in [0.3, 0.4) is 0 Å². The van der Waals surface area contributed by atoms with Crippen molar-refractivity contribution in [2.75, 3.05) is 12.4 Å². The van der Waals surface area contributed by atoms with Crippen LogP contribution >= 0.6 is 11.6 Å². The van der Waals surface area contributed by atoms with Crippen LogP contribution in [0.4, 0.5) is 5.69 Å². The van der Waals surface area contributed by atoms with Gasteiger partial charge >= 0.3 is 0 Å². The molecule has 5 heteroatoms. The molecule has 126 valence electrons. The van der Waals surface area contributed by atoms with E-state index in [1.807, 2.05) is 36.4 Å². The average molecular weight is 353 g/mol. The Morgan fingerprint density at radius 3 is 2.40 bits per heavy atom. The Hall–Kier alpha value is -2.85. The Morgan fingerprint density at radius 2 is 1.72 bits per heavy atom. The van der Waals surface area contributed by atoms with Gasteiger partial charge < -0.3 is 10.1 Å². The lowest BCUT2D eigenvalue weighted by Crippen LogP contribution is -2.13. The Bertz CT molecular complexity index is 865. The number of carbonyl (C=O) groups excluding carboxylic acids is 1. The van der Waals surface area contributed by atoms with Crippen molar-refractivity contribution in [1.82, 2.24) is 4.98 Å². The molecule has 0 aliphatic rings. The molecule has 2 aromatic carbocycles. The van der Waals surface area contributed by atoms with Crippen molar-refractivity contribution < 1.29 is 9.53 Å². The second-order valence-electron chi connectivity index (χ2n) is 5.53. The molecule has 1 N–H and O–H groups in total. The second kappa shape index (κ2) is 7.81. The summed E-state index contributed by atoms with van der Waals surface area (Å²) in [5.41, 5.74) is 3.46. The first-order valence-corrected chi connectivity index (χ1v) is 8.16. The van der Waals surface area contributed by atoms with Gasteiger partial charge in [-0.2, -0.15) is 0 Å². The highest BCUT2D eigenvalue weighted by molar-refractivity contribution is 6.31. The molecular weight excluding hydrogens is 336 g/mol. The van der Waals surface area contributed by atoms with Crippen molar-refractivity contribution in [1.29, 1.82) is 0 Å². The largest absolute Gasteiger partial charge is 0.496 e. The molecule has 0 bridgehead atoms. The quantitative estimate of drug-likeness (QED) is 0.730. The summed E-state index contributed by atoms with van der Waals surface area (Å²) < 4.78 is 5.22. The zero-order valence-electron chi connectivity index (χ0n) is 13.7. The van der Waals surface area contributed by atoms with Crippen LogP contribution in [0.25, 0.3) is 0 Å². The maximum Gasteiger partial charge on any atom is 0.259 e. The maximum absolute atomic E-state index is 12.5. The number of hydrogen-bond acceptors (Lipinski definition) is 3. The molecule has 0 saturated heterocycles. The van der Waals surface area contributed by atoms with Crippen molar-refractivity contribution in [3.63, 3.8) is 0 Å². The van der Waals surface area contributed by atoms with Gasteiger partial charge in [-0.15, -0.1) is 0 Å². The van der Waals surface area contributed by atoms with Gasteiger partial charge in [0.25, 0.3) is 5.91 Å². The van der Waals surface area contributed by atoms with Crippen LogP contribution < -0.4 is 10.1 Å². The van der Waals surface area contributed by atoms with Gasteiger partial charge in [0, 0.05) is 23.1 Å². The molecule has 3 rings (SSSR count). The van der Waals surface area contributed by atoms with E-state index >= 15 is 0 Å². The Morgan fingerprint density at radius 1 is 1.04 bits per heavy atom. The van der Waals surface area contributed by atoms with Gasteiger partial charge in [0.15, 0.2) is 0 Å². The summed E-state index contributed by atoms with van der Waals surface area (Å²) in [5, 5.41) is 3.35. The highest BCUT2D eigenvalue weighted by atomic mass is 35.5. The molecule has 0 atom stereocenters. The molecule has 0 spiro atoms. The first kappa shape index (κ1) is 17.0. The lowest BCUT2D eigenvalue weighted by Gasteiger charge is -2.10. The van der Waals surface area contributed by atoms with E-state index in [2.05, 4.69) is 10.3 Å². The van der Waals surface area contributed by atoms with Gasteiger partial charge in [0.1, 0.15) is 5.75 Å². The number of ether oxygens (including phenoxy) is 1. The van der Waals surface area contributed by atoms with Gasteiger partial charge in [-0.25, -0.2) is 0 Å². The third-order valence-electron chi connectivity index (χ3n) is 3.78. The van der Waals surface area contributed by atoms with Gasteiger partial charge in [0.2, 0.25) is 0 Å². The number of aromatic nitrogens is 1. The molecule has 1 heterocycles. The molecule has 3 aromatic rings. The number of methoxy groups -OCH3 is 1. The molecular formula is C20H17ClN2O2. The Kier molecular flexibility index (Phi) is 5.31. The number of pyridine rings is 1. The number of hydrogen-bond donors (Lipinski definition) is 1. The summed E-state index contributed by atoms with van der Waals surface area (Å²) in [6, 6.07) is 16.7. The van der Waals surface area contributed by atoms with Crippen LogP contribution in [-0.4, -0.2) is 18.0 Å². The normalized spacial score (nSPS) is 10.3.